The van der Waals surface area contributed by atoms with Crippen molar-refractivity contribution >= 4 is 15.9 Å². The molecule has 0 saturated heterocycles. The van der Waals surface area contributed by atoms with Crippen molar-refractivity contribution in [3.8, 4) is 0 Å². The highest BCUT2D eigenvalue weighted by molar-refractivity contribution is 9.09. The Hall–Kier alpha value is -0.280. The van der Waals surface area contributed by atoms with Gasteiger partial charge in [0.05, 0.1) is 6.26 Å². The molecule has 0 unspecified atom stereocenters. The molecule has 0 N–H and O–H groups in total. The van der Waals surface area contributed by atoms with Crippen molar-refractivity contribution in [1.29, 1.82) is 0 Å². The van der Waals surface area contributed by atoms with Crippen LogP contribution in [0.3, 0.4) is 0 Å². The molecule has 0 atom stereocenters. The van der Waals surface area contributed by atoms with E-state index in [0.29, 0.717) is 0 Å². The lowest BCUT2D eigenvalue weighted by Gasteiger charge is -2.15. The van der Waals surface area contributed by atoms with Gasteiger partial charge in [0.2, 0.25) is 0 Å². The van der Waals surface area contributed by atoms with E-state index in [4.69, 9.17) is 4.42 Å². The van der Waals surface area contributed by atoms with Gasteiger partial charge in [-0.1, -0.05) is 15.9 Å². The zero-order valence-corrected chi connectivity index (χ0v) is 10.5. The topological polar surface area (TPSA) is 16.4 Å². The summed E-state index contributed by atoms with van der Waals surface area (Å²) in [5.74, 6) is 1.04. The van der Waals surface area contributed by atoms with E-state index in [2.05, 4.69) is 33.9 Å². The molecule has 0 spiro atoms. The molecule has 2 nitrogen and oxygen atoms in total. The van der Waals surface area contributed by atoms with Gasteiger partial charge in [-0.15, -0.1) is 0 Å². The van der Waals surface area contributed by atoms with E-state index in [1.165, 1.54) is 18.4 Å². The Morgan fingerprint density at radius 2 is 2.21 bits per heavy atom. The summed E-state index contributed by atoms with van der Waals surface area (Å²) in [5.41, 5.74) is 1.30. The van der Waals surface area contributed by atoms with Gasteiger partial charge in [0.15, 0.2) is 0 Å². The third-order valence-corrected chi connectivity index (χ3v) is 2.89. The van der Waals surface area contributed by atoms with Crippen LogP contribution in [0.25, 0.3) is 0 Å². The molecule has 0 aliphatic rings. The van der Waals surface area contributed by atoms with E-state index in [1.54, 1.807) is 6.26 Å². The maximum Gasteiger partial charge on any atom is 0.105 e. The second-order valence-electron chi connectivity index (χ2n) is 3.64. The quantitative estimate of drug-likeness (QED) is 0.577. The van der Waals surface area contributed by atoms with E-state index in [0.717, 1.165) is 24.2 Å². The van der Waals surface area contributed by atoms with E-state index in [-0.39, 0.29) is 0 Å². The van der Waals surface area contributed by atoms with Crippen LogP contribution in [0.2, 0.25) is 0 Å². The molecule has 14 heavy (non-hydrogen) atoms. The lowest BCUT2D eigenvalue weighted by Crippen LogP contribution is -2.19. The molecule has 1 rings (SSSR count). The minimum absolute atomic E-state index is 0.991. The number of hydrogen-bond acceptors (Lipinski definition) is 2. The van der Waals surface area contributed by atoms with Crippen molar-refractivity contribution in [1.82, 2.24) is 4.90 Å². The smallest absolute Gasteiger partial charge is 0.105 e. The number of nitrogens with zero attached hydrogens (tertiary/aromatic N) is 1. The summed E-state index contributed by atoms with van der Waals surface area (Å²) in [6.07, 6.45) is 4.25. The number of alkyl halides is 1. The fourth-order valence-corrected chi connectivity index (χ4v) is 1.82. The van der Waals surface area contributed by atoms with Gasteiger partial charge >= 0.3 is 0 Å². The third-order valence-electron chi connectivity index (χ3n) is 2.33. The van der Waals surface area contributed by atoms with Crippen LogP contribution in [0.5, 0.6) is 0 Å². The fraction of sp³-hybridized carbons (Fsp3) is 0.636. The van der Waals surface area contributed by atoms with Crippen molar-refractivity contribution in [3.63, 3.8) is 0 Å². The highest BCUT2D eigenvalue weighted by Gasteiger charge is 2.04. The highest BCUT2D eigenvalue weighted by Crippen LogP contribution is 2.11. The number of hydrogen-bond donors (Lipinski definition) is 0. The van der Waals surface area contributed by atoms with Gasteiger partial charge < -0.3 is 9.32 Å². The van der Waals surface area contributed by atoms with Gasteiger partial charge in [-0.3, -0.25) is 0 Å². The lowest BCUT2D eigenvalue weighted by molar-refractivity contribution is 0.319. The average Bonchev–Trinajstić information content (AvgIpc) is 2.52. The molecule has 0 aliphatic carbocycles. The Kier molecular flexibility index (Phi) is 5.26. The molecule has 1 aromatic heterocycles. The SMILES string of the molecule is Cc1occc1CN(C)CCCCBr. The van der Waals surface area contributed by atoms with Gasteiger partial charge in [0.25, 0.3) is 0 Å². The minimum Gasteiger partial charge on any atom is -0.469 e. The van der Waals surface area contributed by atoms with Crippen molar-refractivity contribution in [2.75, 3.05) is 18.9 Å². The number of unbranched alkanes of at least 4 members (excludes halogenated alkanes) is 1. The normalized spacial score (nSPS) is 11.1. The maximum atomic E-state index is 5.26. The summed E-state index contributed by atoms with van der Waals surface area (Å²) < 4.78 is 5.26. The Labute approximate surface area is 94.4 Å². The van der Waals surface area contributed by atoms with Crippen LogP contribution in [0.4, 0.5) is 0 Å². The van der Waals surface area contributed by atoms with E-state index >= 15 is 0 Å². The monoisotopic (exact) mass is 259 g/mol. The third kappa shape index (κ3) is 3.84. The molecule has 80 valence electrons. The Bertz CT molecular complexity index is 260. The zero-order valence-electron chi connectivity index (χ0n) is 8.92. The first-order chi connectivity index (χ1) is 6.74. The van der Waals surface area contributed by atoms with Crippen molar-refractivity contribution in [2.45, 2.75) is 26.3 Å². The first-order valence-corrected chi connectivity index (χ1v) is 6.13. The summed E-state index contributed by atoms with van der Waals surface area (Å²) in [6, 6.07) is 2.05. The van der Waals surface area contributed by atoms with E-state index in [9.17, 15) is 0 Å². The van der Waals surface area contributed by atoms with E-state index in [1.807, 2.05) is 6.92 Å². The molecule has 0 fully saturated rings. The van der Waals surface area contributed by atoms with Gasteiger partial charge in [-0.05, 0) is 39.4 Å². The first kappa shape index (κ1) is 11.8. The van der Waals surface area contributed by atoms with Crippen LogP contribution in [0.1, 0.15) is 24.2 Å². The molecule has 1 aromatic rings. The number of furan rings is 1. The van der Waals surface area contributed by atoms with E-state index < -0.39 is 0 Å². The molecule has 0 saturated carbocycles. The molecule has 0 amide bonds. The molecule has 0 aliphatic heterocycles. The van der Waals surface area contributed by atoms with Gasteiger partial charge in [-0.25, -0.2) is 0 Å². The van der Waals surface area contributed by atoms with Crippen molar-refractivity contribution in [2.24, 2.45) is 0 Å². The van der Waals surface area contributed by atoms with Crippen molar-refractivity contribution < 1.29 is 4.42 Å². The summed E-state index contributed by atoms with van der Waals surface area (Å²) in [7, 11) is 2.15. The predicted octanol–water partition coefficient (Wildman–Crippen LogP) is 3.19. The summed E-state index contributed by atoms with van der Waals surface area (Å²) in [5, 5.41) is 1.10. The Balaban J connectivity index is 2.27. The molecule has 0 bridgehead atoms. The Morgan fingerprint density at radius 3 is 2.79 bits per heavy atom. The zero-order chi connectivity index (χ0) is 10.4. The van der Waals surface area contributed by atoms with Gasteiger partial charge in [0.1, 0.15) is 5.76 Å². The Morgan fingerprint density at radius 1 is 1.43 bits per heavy atom. The predicted molar refractivity (Wildman–Crippen MR) is 62.8 cm³/mol. The second kappa shape index (κ2) is 6.25. The number of rotatable bonds is 6. The molecule has 0 aromatic carbocycles. The fourth-order valence-electron chi connectivity index (χ4n) is 1.42. The van der Waals surface area contributed by atoms with Crippen LogP contribution in [0, 0.1) is 6.92 Å². The van der Waals surface area contributed by atoms with Crippen LogP contribution >= 0.6 is 15.9 Å². The summed E-state index contributed by atoms with van der Waals surface area (Å²) in [4.78, 5) is 2.33. The van der Waals surface area contributed by atoms with Crippen LogP contribution in [0.15, 0.2) is 16.7 Å². The molecular weight excluding hydrogens is 242 g/mol. The number of halogens is 1. The minimum atomic E-state index is 0.991. The second-order valence-corrected chi connectivity index (χ2v) is 4.43. The molecular formula is C11H18BrNO. The largest absolute Gasteiger partial charge is 0.469 e. The summed E-state index contributed by atoms with van der Waals surface area (Å²) >= 11 is 3.44. The maximum absolute atomic E-state index is 5.26. The summed E-state index contributed by atoms with van der Waals surface area (Å²) in [6.45, 7) is 4.16. The molecule has 3 heteroatoms. The van der Waals surface area contributed by atoms with Crippen LogP contribution < -0.4 is 0 Å². The average molecular weight is 260 g/mol. The standard InChI is InChI=1S/C11H18BrNO/c1-10-11(5-8-14-10)9-13(2)7-4-3-6-12/h5,8H,3-4,6-7,9H2,1-2H3. The van der Waals surface area contributed by atoms with Crippen LogP contribution in [-0.4, -0.2) is 23.8 Å². The van der Waals surface area contributed by atoms with Crippen molar-refractivity contribution in [3.05, 3.63) is 23.7 Å². The van der Waals surface area contributed by atoms with Crippen LogP contribution in [-0.2, 0) is 6.54 Å². The lowest BCUT2D eigenvalue weighted by atomic mass is 10.2. The van der Waals surface area contributed by atoms with Gasteiger partial charge in [-0.2, -0.15) is 0 Å². The number of aryl methyl sites for hydroxylation is 1. The molecule has 0 radical (unpaired) electrons. The first-order valence-electron chi connectivity index (χ1n) is 5.01. The molecule has 1 heterocycles. The van der Waals surface area contributed by atoms with Gasteiger partial charge in [0, 0.05) is 17.4 Å². The highest BCUT2D eigenvalue weighted by atomic mass is 79.9.